The number of sulfonamides is 1. The minimum atomic E-state index is -5.09. The Bertz CT molecular complexity index is 2060. The van der Waals surface area contributed by atoms with Crippen LogP contribution in [-0.2, 0) is 16.6 Å². The highest BCUT2D eigenvalue weighted by Gasteiger charge is 2.33. The van der Waals surface area contributed by atoms with E-state index in [1.807, 2.05) is 4.72 Å². The average molecular weight is 634 g/mol. The number of benzene rings is 3. The number of alkyl halides is 3. The predicted octanol–water partition coefficient (Wildman–Crippen LogP) is 5.35. The molecule has 228 valence electrons. The maximum absolute atomic E-state index is 14.8. The van der Waals surface area contributed by atoms with Crippen LogP contribution in [0, 0.1) is 11.6 Å². The van der Waals surface area contributed by atoms with E-state index in [0.717, 1.165) is 34.9 Å². The smallest absolute Gasteiger partial charge is 0.497 e. The quantitative estimate of drug-likeness (QED) is 0.223. The summed E-state index contributed by atoms with van der Waals surface area (Å²) in [5, 5.41) is -0.127. The molecule has 0 saturated heterocycles. The maximum atomic E-state index is 14.8. The molecule has 0 aliphatic rings. The van der Waals surface area contributed by atoms with Gasteiger partial charge in [-0.05, 0) is 60.7 Å². The van der Waals surface area contributed by atoms with Crippen LogP contribution in [-0.4, -0.2) is 37.3 Å². The molecule has 0 spiro atoms. The first-order valence-electron chi connectivity index (χ1n) is 12.5. The van der Waals surface area contributed by atoms with E-state index in [0.29, 0.717) is 11.8 Å². The van der Waals surface area contributed by atoms with E-state index < -0.39 is 57.5 Å². The van der Waals surface area contributed by atoms with Gasteiger partial charge < -0.3 is 19.0 Å². The number of amides is 1. The van der Waals surface area contributed by atoms with Crippen molar-refractivity contribution < 1.29 is 44.6 Å². The van der Waals surface area contributed by atoms with Crippen LogP contribution in [0.1, 0.15) is 16.1 Å². The number of carbonyl (C=O) groups is 1. The van der Waals surface area contributed by atoms with Crippen molar-refractivity contribution in [2.45, 2.75) is 17.8 Å². The zero-order valence-corrected chi connectivity index (χ0v) is 23.2. The van der Waals surface area contributed by atoms with Gasteiger partial charge in [0.05, 0.1) is 18.6 Å². The molecule has 0 unspecified atom stereocenters. The summed E-state index contributed by atoms with van der Waals surface area (Å²) in [6, 6.07) is 13.3. The number of fused-ring (bicyclic) bond motifs is 1. The lowest BCUT2D eigenvalue weighted by molar-refractivity contribution is -0.274. The Labute approximate surface area is 245 Å². The topological polar surface area (TPSA) is 119 Å². The molecule has 5 rings (SSSR count). The van der Waals surface area contributed by atoms with Crippen LogP contribution in [0.5, 0.6) is 11.5 Å². The van der Waals surface area contributed by atoms with Gasteiger partial charge in [-0.1, -0.05) is 6.07 Å². The molecule has 5 aromatic rings. The third kappa shape index (κ3) is 6.13. The van der Waals surface area contributed by atoms with E-state index in [2.05, 4.69) is 9.72 Å². The van der Waals surface area contributed by atoms with E-state index in [1.54, 1.807) is 0 Å². The van der Waals surface area contributed by atoms with Crippen LogP contribution < -0.4 is 19.8 Å². The van der Waals surface area contributed by atoms with Gasteiger partial charge >= 0.3 is 6.36 Å². The van der Waals surface area contributed by atoms with Crippen molar-refractivity contribution in [1.29, 1.82) is 0 Å². The third-order valence-corrected chi connectivity index (χ3v) is 7.86. The van der Waals surface area contributed by atoms with Crippen molar-refractivity contribution in [2.75, 3.05) is 7.11 Å². The van der Waals surface area contributed by atoms with Crippen LogP contribution in [0.2, 0.25) is 0 Å². The van der Waals surface area contributed by atoms with E-state index >= 15 is 0 Å². The Morgan fingerprint density at radius 3 is 2.32 bits per heavy atom. The molecular weight excluding hydrogens is 613 g/mol. The van der Waals surface area contributed by atoms with Crippen molar-refractivity contribution in [3.8, 4) is 22.6 Å². The summed E-state index contributed by atoms with van der Waals surface area (Å²) in [6.07, 6.45) is -3.82. The molecule has 3 aromatic carbocycles. The Morgan fingerprint density at radius 1 is 0.977 bits per heavy atom. The van der Waals surface area contributed by atoms with Crippen molar-refractivity contribution in [3.05, 3.63) is 112 Å². The zero-order chi connectivity index (χ0) is 31.8. The van der Waals surface area contributed by atoms with Crippen molar-refractivity contribution in [3.63, 3.8) is 0 Å². The van der Waals surface area contributed by atoms with Crippen molar-refractivity contribution in [1.82, 2.24) is 14.3 Å². The largest absolute Gasteiger partial charge is 0.573 e. The molecule has 0 bridgehead atoms. The summed E-state index contributed by atoms with van der Waals surface area (Å²) in [5.41, 5.74) is -1.91. The summed E-state index contributed by atoms with van der Waals surface area (Å²) >= 11 is 0. The summed E-state index contributed by atoms with van der Waals surface area (Å²) in [7, 11) is -3.20. The Balaban J connectivity index is 1.77. The number of nitrogens with one attached hydrogen (secondary N) is 2. The lowest BCUT2D eigenvalue weighted by Gasteiger charge is -2.14. The summed E-state index contributed by atoms with van der Waals surface area (Å²) in [5.74, 6) is -3.57. The van der Waals surface area contributed by atoms with Crippen LogP contribution in [0.3, 0.4) is 0 Å². The molecule has 9 nitrogen and oxygen atoms in total. The summed E-state index contributed by atoms with van der Waals surface area (Å²) in [6.45, 7) is -0.516. The molecule has 44 heavy (non-hydrogen) atoms. The molecule has 0 aliphatic carbocycles. The Hall–Kier alpha value is -5.18. The zero-order valence-electron chi connectivity index (χ0n) is 22.4. The first-order valence-corrected chi connectivity index (χ1v) is 14.0. The molecule has 0 saturated carbocycles. The van der Waals surface area contributed by atoms with Gasteiger partial charge in [0.1, 0.15) is 28.8 Å². The highest BCUT2D eigenvalue weighted by molar-refractivity contribution is 7.90. The van der Waals surface area contributed by atoms with Gasteiger partial charge in [0.15, 0.2) is 0 Å². The van der Waals surface area contributed by atoms with E-state index in [9.17, 15) is 40.0 Å². The number of rotatable bonds is 8. The number of nitrogens with zero attached hydrogens (tertiary/aromatic N) is 1. The molecule has 0 aliphatic heterocycles. The number of ether oxygens (including phenoxy) is 2. The van der Waals surface area contributed by atoms with Crippen LogP contribution >= 0.6 is 0 Å². The van der Waals surface area contributed by atoms with Gasteiger partial charge in [-0.25, -0.2) is 21.9 Å². The van der Waals surface area contributed by atoms with Crippen LogP contribution in [0.25, 0.3) is 22.0 Å². The first kappa shape index (κ1) is 30.3. The Kier molecular flexibility index (Phi) is 7.90. The first-order chi connectivity index (χ1) is 20.8. The van der Waals surface area contributed by atoms with Crippen molar-refractivity contribution >= 4 is 26.8 Å². The number of pyridine rings is 1. The molecule has 0 fully saturated rings. The van der Waals surface area contributed by atoms with Gasteiger partial charge in [0, 0.05) is 39.9 Å². The molecule has 2 heterocycles. The third-order valence-electron chi connectivity index (χ3n) is 6.51. The average Bonchev–Trinajstić information content (AvgIpc) is 3.26. The minimum absolute atomic E-state index is 0.00787. The van der Waals surface area contributed by atoms with Gasteiger partial charge in [0.2, 0.25) is 0 Å². The number of aromatic nitrogens is 2. The van der Waals surface area contributed by atoms with Gasteiger partial charge in [-0.15, -0.1) is 13.2 Å². The number of halogens is 5. The van der Waals surface area contributed by atoms with Gasteiger partial charge in [0.25, 0.3) is 21.5 Å². The number of aromatic amines is 1. The Morgan fingerprint density at radius 2 is 1.68 bits per heavy atom. The van der Waals surface area contributed by atoms with Crippen LogP contribution in [0.15, 0.2) is 88.7 Å². The van der Waals surface area contributed by atoms with Crippen molar-refractivity contribution in [2.24, 2.45) is 0 Å². The molecule has 15 heteroatoms. The number of hydrogen-bond donors (Lipinski definition) is 2. The highest BCUT2D eigenvalue weighted by Crippen LogP contribution is 2.38. The second-order valence-electron chi connectivity index (χ2n) is 9.30. The maximum Gasteiger partial charge on any atom is 0.573 e. The minimum Gasteiger partial charge on any atom is -0.497 e. The lowest BCUT2D eigenvalue weighted by Crippen LogP contribution is -2.33. The fourth-order valence-corrected chi connectivity index (χ4v) is 5.58. The second-order valence-corrected chi connectivity index (χ2v) is 11.0. The standard InChI is InChI=1S/C29H20F5N3O6S/c1-42-18-6-9-20(10-7-18)44(40,41)36-28(39)26-25(21-3-2-12-35-27(21)38)22-14-19(43-29(32,33)34)8-11-24(22)37(26)15-16-4-5-17(30)13-23(16)31/h2-14H,15H2,1H3,(H,35,38)(H,36,39). The van der Waals surface area contributed by atoms with E-state index in [1.165, 1.54) is 49.7 Å². The number of methoxy groups -OCH3 is 1. The van der Waals surface area contributed by atoms with Crippen LogP contribution in [0.4, 0.5) is 22.0 Å². The fourth-order valence-electron chi connectivity index (χ4n) is 4.63. The molecule has 0 radical (unpaired) electrons. The SMILES string of the molecule is COc1ccc(S(=O)(=O)NC(=O)c2c(-c3ccc[nH]c3=O)c3cc(OC(F)(F)F)ccc3n2Cc2ccc(F)cc2F)cc1. The van der Waals surface area contributed by atoms with Gasteiger partial charge in [-0.3, -0.25) is 9.59 Å². The predicted molar refractivity (Wildman–Crippen MR) is 148 cm³/mol. The van der Waals surface area contributed by atoms with E-state index in [4.69, 9.17) is 4.74 Å². The summed E-state index contributed by atoms with van der Waals surface area (Å²) < 4.78 is 106. The molecule has 2 N–H and O–H groups in total. The normalized spacial score (nSPS) is 11.9. The fraction of sp³-hybridized carbons (Fsp3) is 0.103. The number of hydrogen-bond acceptors (Lipinski definition) is 6. The highest BCUT2D eigenvalue weighted by atomic mass is 32.2. The molecule has 1 amide bonds. The summed E-state index contributed by atoms with van der Waals surface area (Å²) in [4.78, 5) is 28.9. The molecular formula is C29H20F5N3O6S. The lowest BCUT2D eigenvalue weighted by atomic mass is 10.0. The molecule has 2 aromatic heterocycles. The van der Waals surface area contributed by atoms with Gasteiger partial charge in [-0.2, -0.15) is 0 Å². The second kappa shape index (κ2) is 11.5. The molecule has 0 atom stereocenters. The number of H-pyrrole nitrogens is 1. The van der Waals surface area contributed by atoms with E-state index in [-0.39, 0.29) is 32.5 Å². The number of carbonyl (C=O) groups excluding carboxylic acids is 1. The monoisotopic (exact) mass is 633 g/mol.